The van der Waals surface area contributed by atoms with Gasteiger partial charge in [0.2, 0.25) is 5.13 Å². The van der Waals surface area contributed by atoms with E-state index >= 15 is 0 Å². The third-order valence-electron chi connectivity index (χ3n) is 2.74. The van der Waals surface area contributed by atoms with Gasteiger partial charge in [-0.1, -0.05) is 17.4 Å². The molecule has 0 saturated heterocycles. The smallest absolute Gasteiger partial charge is 0.321 e. The number of nitrogens with zero attached hydrogens (tertiary/aromatic N) is 3. The van der Waals surface area contributed by atoms with Crippen molar-refractivity contribution in [1.29, 1.82) is 0 Å². The minimum Gasteiger partial charge on any atom is -0.332 e. The van der Waals surface area contributed by atoms with Gasteiger partial charge in [-0.2, -0.15) is 0 Å². The van der Waals surface area contributed by atoms with Gasteiger partial charge in [0.25, 0.3) is 0 Å². The Morgan fingerprint density at radius 1 is 1.37 bits per heavy atom. The van der Waals surface area contributed by atoms with Crippen LogP contribution >= 0.6 is 11.3 Å². The number of hydrogen-bond acceptors (Lipinski definition) is 5. The molecule has 0 aliphatic heterocycles. The second-order valence-electron chi connectivity index (χ2n) is 4.35. The summed E-state index contributed by atoms with van der Waals surface area (Å²) in [5.74, 6) is 0.560. The zero-order valence-corrected chi connectivity index (χ0v) is 11.0. The number of carbonyl (C=O) groups excluding carboxylic acids is 1. The molecular weight excluding hydrogens is 262 g/mol. The highest BCUT2D eigenvalue weighted by molar-refractivity contribution is 7.15. The molecule has 6 nitrogen and oxygen atoms in total. The van der Waals surface area contributed by atoms with Gasteiger partial charge < -0.3 is 5.32 Å². The lowest BCUT2D eigenvalue weighted by atomic mass is 10.3. The van der Waals surface area contributed by atoms with Crippen LogP contribution in [0.2, 0.25) is 0 Å². The fourth-order valence-electron chi connectivity index (χ4n) is 1.60. The predicted octanol–water partition coefficient (Wildman–Crippen LogP) is 2.13. The average molecular weight is 275 g/mol. The van der Waals surface area contributed by atoms with Crippen molar-refractivity contribution in [2.45, 2.75) is 25.3 Å². The molecule has 7 heteroatoms. The van der Waals surface area contributed by atoms with E-state index in [9.17, 15) is 4.79 Å². The molecule has 19 heavy (non-hydrogen) atoms. The molecule has 1 aliphatic rings. The van der Waals surface area contributed by atoms with Gasteiger partial charge in [0.1, 0.15) is 5.01 Å². The number of nitrogens with one attached hydrogen (secondary N) is 2. The van der Waals surface area contributed by atoms with Crippen molar-refractivity contribution in [2.75, 3.05) is 5.32 Å². The van der Waals surface area contributed by atoms with Gasteiger partial charge >= 0.3 is 6.03 Å². The normalized spacial score (nSPS) is 14.1. The number of rotatable bonds is 4. The molecule has 98 valence electrons. The Labute approximate surface area is 114 Å². The highest BCUT2D eigenvalue weighted by atomic mass is 32.1. The molecule has 2 aromatic heterocycles. The standard InChI is InChI=1S/C12H13N5OS/c18-11(14-7-9-3-1-2-6-13-9)15-12-17-16-10(19-12)8-4-5-8/h1-3,6,8H,4-5,7H2,(H2,14,15,17,18). The summed E-state index contributed by atoms with van der Waals surface area (Å²) in [6.07, 6.45) is 4.06. The van der Waals surface area contributed by atoms with Crippen LogP contribution in [0.5, 0.6) is 0 Å². The molecule has 0 spiro atoms. The van der Waals surface area contributed by atoms with E-state index < -0.39 is 0 Å². The van der Waals surface area contributed by atoms with E-state index in [1.165, 1.54) is 24.2 Å². The second-order valence-corrected chi connectivity index (χ2v) is 5.36. The van der Waals surface area contributed by atoms with Crippen LogP contribution in [-0.2, 0) is 6.54 Å². The molecule has 2 aromatic rings. The summed E-state index contributed by atoms with van der Waals surface area (Å²) in [5.41, 5.74) is 0.814. The lowest BCUT2D eigenvalue weighted by molar-refractivity contribution is 0.251. The van der Waals surface area contributed by atoms with E-state index in [1.54, 1.807) is 6.20 Å². The SMILES string of the molecule is O=C(NCc1ccccn1)Nc1nnc(C2CC2)s1. The van der Waals surface area contributed by atoms with E-state index in [-0.39, 0.29) is 6.03 Å². The quantitative estimate of drug-likeness (QED) is 0.895. The topological polar surface area (TPSA) is 79.8 Å². The summed E-state index contributed by atoms with van der Waals surface area (Å²) in [5, 5.41) is 15.0. The van der Waals surface area contributed by atoms with Gasteiger partial charge in [0.05, 0.1) is 12.2 Å². The van der Waals surface area contributed by atoms with Gasteiger partial charge in [0.15, 0.2) is 0 Å². The highest BCUT2D eigenvalue weighted by Crippen LogP contribution is 2.41. The molecule has 3 rings (SSSR count). The lowest BCUT2D eigenvalue weighted by Gasteiger charge is -2.03. The first-order valence-corrected chi connectivity index (χ1v) is 6.91. The molecule has 2 N–H and O–H groups in total. The maximum absolute atomic E-state index is 11.7. The molecule has 1 aliphatic carbocycles. The van der Waals surface area contributed by atoms with E-state index in [0.29, 0.717) is 17.6 Å². The van der Waals surface area contributed by atoms with Crippen molar-refractivity contribution in [1.82, 2.24) is 20.5 Å². The number of anilines is 1. The summed E-state index contributed by atoms with van der Waals surface area (Å²) in [4.78, 5) is 15.8. The summed E-state index contributed by atoms with van der Waals surface area (Å²) in [6.45, 7) is 0.390. The minimum atomic E-state index is -0.288. The Bertz CT molecular complexity index is 567. The largest absolute Gasteiger partial charge is 0.332 e. The van der Waals surface area contributed by atoms with E-state index in [1.807, 2.05) is 18.2 Å². The minimum absolute atomic E-state index is 0.288. The first kappa shape index (κ1) is 12.0. The summed E-state index contributed by atoms with van der Waals surface area (Å²) < 4.78 is 0. The van der Waals surface area contributed by atoms with E-state index in [2.05, 4.69) is 25.8 Å². The van der Waals surface area contributed by atoms with Crippen LogP contribution < -0.4 is 10.6 Å². The second kappa shape index (κ2) is 5.31. The highest BCUT2D eigenvalue weighted by Gasteiger charge is 2.27. The molecule has 2 heterocycles. The first-order valence-electron chi connectivity index (χ1n) is 6.09. The Morgan fingerprint density at radius 3 is 3.00 bits per heavy atom. The molecule has 1 saturated carbocycles. The number of aromatic nitrogens is 3. The molecular formula is C12H13N5OS. The van der Waals surface area contributed by atoms with Crippen LogP contribution in [0.4, 0.5) is 9.93 Å². The van der Waals surface area contributed by atoms with E-state index in [4.69, 9.17) is 0 Å². The van der Waals surface area contributed by atoms with Crippen LogP contribution in [0, 0.1) is 0 Å². The van der Waals surface area contributed by atoms with Crippen LogP contribution in [0.1, 0.15) is 29.5 Å². The maximum Gasteiger partial charge on any atom is 0.321 e. The Morgan fingerprint density at radius 2 is 2.26 bits per heavy atom. The van der Waals surface area contributed by atoms with Gasteiger partial charge in [-0.05, 0) is 25.0 Å². The van der Waals surface area contributed by atoms with Crippen molar-refractivity contribution in [3.63, 3.8) is 0 Å². The van der Waals surface area contributed by atoms with Gasteiger partial charge in [-0.25, -0.2) is 4.79 Å². The molecule has 1 fully saturated rings. The average Bonchev–Trinajstić information content (AvgIpc) is 3.19. The maximum atomic E-state index is 11.7. The zero-order chi connectivity index (χ0) is 13.1. The van der Waals surface area contributed by atoms with Gasteiger partial charge in [0, 0.05) is 12.1 Å². The number of carbonyl (C=O) groups is 1. The summed E-state index contributed by atoms with van der Waals surface area (Å²) in [6, 6.07) is 5.29. The Hall–Kier alpha value is -2.02. The monoisotopic (exact) mass is 275 g/mol. The number of amides is 2. The molecule has 0 atom stereocenters. The Kier molecular flexibility index (Phi) is 3.37. The fraction of sp³-hybridized carbons (Fsp3) is 0.333. The molecule has 0 unspecified atom stereocenters. The first-order chi connectivity index (χ1) is 9.31. The fourth-order valence-corrected chi connectivity index (χ4v) is 2.50. The van der Waals surface area contributed by atoms with Gasteiger partial charge in [-0.15, -0.1) is 10.2 Å². The molecule has 0 radical (unpaired) electrons. The van der Waals surface area contributed by atoms with Crippen molar-refractivity contribution >= 4 is 22.5 Å². The van der Waals surface area contributed by atoms with Crippen molar-refractivity contribution in [3.05, 3.63) is 35.1 Å². The molecule has 0 aromatic carbocycles. The van der Waals surface area contributed by atoms with Gasteiger partial charge in [-0.3, -0.25) is 10.3 Å². The number of pyridine rings is 1. The van der Waals surface area contributed by atoms with Crippen molar-refractivity contribution < 1.29 is 4.79 Å². The van der Waals surface area contributed by atoms with Crippen molar-refractivity contribution in [2.24, 2.45) is 0 Å². The van der Waals surface area contributed by atoms with Crippen LogP contribution in [0.25, 0.3) is 0 Å². The third kappa shape index (κ3) is 3.25. The molecule has 2 amide bonds. The summed E-state index contributed by atoms with van der Waals surface area (Å²) >= 11 is 1.44. The summed E-state index contributed by atoms with van der Waals surface area (Å²) in [7, 11) is 0. The van der Waals surface area contributed by atoms with E-state index in [0.717, 1.165) is 10.7 Å². The predicted molar refractivity (Wildman–Crippen MR) is 72.0 cm³/mol. The lowest BCUT2D eigenvalue weighted by Crippen LogP contribution is -2.28. The third-order valence-corrected chi connectivity index (χ3v) is 3.75. The number of urea groups is 1. The number of hydrogen-bond donors (Lipinski definition) is 2. The van der Waals surface area contributed by atoms with Crippen molar-refractivity contribution in [3.8, 4) is 0 Å². The van der Waals surface area contributed by atoms with Crippen LogP contribution in [-0.4, -0.2) is 21.2 Å². The molecule has 0 bridgehead atoms. The zero-order valence-electron chi connectivity index (χ0n) is 10.2. The Balaban J connectivity index is 1.50. The van der Waals surface area contributed by atoms with Crippen LogP contribution in [0.3, 0.4) is 0 Å². The van der Waals surface area contributed by atoms with Crippen LogP contribution in [0.15, 0.2) is 24.4 Å².